The molecule has 0 spiro atoms. The first-order valence-electron chi connectivity index (χ1n) is 6.28. The third-order valence-electron chi connectivity index (χ3n) is 3.36. The lowest BCUT2D eigenvalue weighted by Gasteiger charge is -2.26. The van der Waals surface area contributed by atoms with Crippen LogP contribution < -0.4 is 0 Å². The molecule has 1 heterocycles. The van der Waals surface area contributed by atoms with E-state index in [1.165, 1.54) is 11.9 Å². The fourth-order valence-corrected chi connectivity index (χ4v) is 2.11. The fourth-order valence-electron chi connectivity index (χ4n) is 1.94. The van der Waals surface area contributed by atoms with Crippen molar-refractivity contribution in [3.8, 4) is 0 Å². The van der Waals surface area contributed by atoms with E-state index in [1.807, 2.05) is 0 Å². The lowest BCUT2D eigenvalue weighted by molar-refractivity contribution is -0.208. The van der Waals surface area contributed by atoms with Crippen LogP contribution in [0.5, 0.6) is 0 Å². The van der Waals surface area contributed by atoms with Crippen LogP contribution in [0.2, 0.25) is 5.02 Å². The summed E-state index contributed by atoms with van der Waals surface area (Å²) in [6, 6.07) is 4.71. The molecule has 1 aromatic heterocycles. The predicted molar refractivity (Wildman–Crippen MR) is 74.2 cm³/mol. The second kappa shape index (κ2) is 5.82. The molecule has 0 saturated carbocycles. The van der Waals surface area contributed by atoms with E-state index in [-0.39, 0.29) is 0 Å². The van der Waals surface area contributed by atoms with E-state index < -0.39 is 24.9 Å². The van der Waals surface area contributed by atoms with Crippen LogP contribution in [-0.2, 0) is 0 Å². The molecule has 4 nitrogen and oxygen atoms in total. The second-order valence-corrected chi connectivity index (χ2v) is 5.39. The van der Waals surface area contributed by atoms with Gasteiger partial charge in [0.15, 0.2) is 6.10 Å². The Bertz CT molecular complexity index is 629. The molecule has 2 aromatic rings. The van der Waals surface area contributed by atoms with Gasteiger partial charge in [-0.3, -0.25) is 4.90 Å². The first kappa shape index (κ1) is 16.1. The standard InChI is InChI=1S/C13H15ClF3N3O/c1-7(20(2)6-11(21)13(15,16)17)12-18-9-4-3-8(14)5-10(9)19-12/h3-5,7,11,21H,6H2,1-2H3,(H,18,19). The van der Waals surface area contributed by atoms with Crippen molar-refractivity contribution >= 4 is 22.6 Å². The molecule has 2 N–H and O–H groups in total. The Labute approximate surface area is 124 Å². The number of aliphatic hydroxyl groups is 1. The van der Waals surface area contributed by atoms with Crippen LogP contribution in [-0.4, -0.2) is 45.8 Å². The molecule has 1 aromatic carbocycles. The van der Waals surface area contributed by atoms with Gasteiger partial charge in [-0.15, -0.1) is 0 Å². The Morgan fingerprint density at radius 1 is 1.43 bits per heavy atom. The zero-order valence-electron chi connectivity index (χ0n) is 11.4. The summed E-state index contributed by atoms with van der Waals surface area (Å²) in [4.78, 5) is 8.74. The Hall–Kier alpha value is -1.31. The van der Waals surface area contributed by atoms with Crippen molar-refractivity contribution in [2.24, 2.45) is 0 Å². The minimum Gasteiger partial charge on any atom is -0.382 e. The number of nitrogens with zero attached hydrogens (tertiary/aromatic N) is 2. The smallest absolute Gasteiger partial charge is 0.382 e. The summed E-state index contributed by atoms with van der Waals surface area (Å²) in [6.07, 6.45) is -7.01. The van der Waals surface area contributed by atoms with E-state index in [9.17, 15) is 13.2 Å². The molecule has 0 fully saturated rings. The topological polar surface area (TPSA) is 52.2 Å². The summed E-state index contributed by atoms with van der Waals surface area (Å²) in [5.41, 5.74) is 1.40. The highest BCUT2D eigenvalue weighted by Crippen LogP contribution is 2.25. The van der Waals surface area contributed by atoms with Crippen LogP contribution in [0, 0.1) is 0 Å². The molecule has 0 aliphatic carbocycles. The van der Waals surface area contributed by atoms with Crippen LogP contribution in [0.15, 0.2) is 18.2 Å². The number of halogens is 4. The SMILES string of the molecule is CC(c1nc2ccc(Cl)cc2[nH]1)N(C)CC(O)C(F)(F)F. The first-order valence-corrected chi connectivity index (χ1v) is 6.66. The van der Waals surface area contributed by atoms with Gasteiger partial charge in [-0.2, -0.15) is 13.2 Å². The van der Waals surface area contributed by atoms with Gasteiger partial charge in [0, 0.05) is 11.6 Å². The summed E-state index contributed by atoms with van der Waals surface area (Å²) < 4.78 is 37.1. The summed E-state index contributed by atoms with van der Waals surface area (Å²) >= 11 is 5.87. The van der Waals surface area contributed by atoms with E-state index in [2.05, 4.69) is 9.97 Å². The van der Waals surface area contributed by atoms with Crippen LogP contribution in [0.3, 0.4) is 0 Å². The molecule has 21 heavy (non-hydrogen) atoms. The lowest BCUT2D eigenvalue weighted by Crippen LogP contribution is -2.40. The number of aliphatic hydroxyl groups excluding tert-OH is 1. The van der Waals surface area contributed by atoms with Crippen LogP contribution in [0.1, 0.15) is 18.8 Å². The van der Waals surface area contributed by atoms with Gasteiger partial charge in [-0.05, 0) is 32.2 Å². The summed E-state index contributed by atoms with van der Waals surface area (Å²) in [5.74, 6) is 0.518. The largest absolute Gasteiger partial charge is 0.415 e. The molecule has 8 heteroatoms. The number of imidazole rings is 1. The molecule has 0 bridgehead atoms. The van der Waals surface area contributed by atoms with E-state index in [1.54, 1.807) is 25.1 Å². The van der Waals surface area contributed by atoms with E-state index in [4.69, 9.17) is 16.7 Å². The summed E-state index contributed by atoms with van der Waals surface area (Å²) in [7, 11) is 1.50. The number of nitrogens with one attached hydrogen (secondary N) is 1. The van der Waals surface area contributed by atoms with Gasteiger partial charge in [-0.1, -0.05) is 11.6 Å². The minimum absolute atomic E-state index is 0.409. The second-order valence-electron chi connectivity index (χ2n) is 4.96. The number of likely N-dealkylation sites (N-methyl/N-ethyl adjacent to an activating group) is 1. The maximum absolute atomic E-state index is 12.4. The third-order valence-corrected chi connectivity index (χ3v) is 3.59. The first-order chi connectivity index (χ1) is 9.68. The summed E-state index contributed by atoms with van der Waals surface area (Å²) in [5, 5.41) is 9.66. The Balaban J connectivity index is 2.15. The zero-order valence-corrected chi connectivity index (χ0v) is 12.2. The van der Waals surface area contributed by atoms with Gasteiger partial charge < -0.3 is 10.1 Å². The maximum atomic E-state index is 12.4. The molecule has 2 rings (SSSR count). The quantitative estimate of drug-likeness (QED) is 0.909. The number of rotatable bonds is 4. The van der Waals surface area contributed by atoms with E-state index >= 15 is 0 Å². The zero-order chi connectivity index (χ0) is 15.8. The maximum Gasteiger partial charge on any atom is 0.415 e. The molecule has 0 amide bonds. The van der Waals surface area contributed by atoms with Gasteiger partial charge >= 0.3 is 6.18 Å². The average molecular weight is 322 g/mol. The number of hydrogen-bond acceptors (Lipinski definition) is 3. The molecule has 2 unspecified atom stereocenters. The number of H-pyrrole nitrogens is 1. The highest BCUT2D eigenvalue weighted by molar-refractivity contribution is 6.31. The Morgan fingerprint density at radius 2 is 2.10 bits per heavy atom. The number of fused-ring (bicyclic) bond motifs is 1. The van der Waals surface area contributed by atoms with Crippen molar-refractivity contribution in [3.63, 3.8) is 0 Å². The predicted octanol–water partition coefficient (Wildman–Crippen LogP) is 3.13. The normalized spacial score (nSPS) is 15.6. The third kappa shape index (κ3) is 3.66. The molecule has 2 atom stereocenters. The van der Waals surface area contributed by atoms with Crippen molar-refractivity contribution in [2.45, 2.75) is 25.2 Å². The molecule has 0 aliphatic heterocycles. The van der Waals surface area contributed by atoms with Crippen LogP contribution in [0.4, 0.5) is 13.2 Å². The number of aromatic amines is 1. The molecule has 0 saturated heterocycles. The van der Waals surface area contributed by atoms with Crippen molar-refractivity contribution in [1.29, 1.82) is 0 Å². The van der Waals surface area contributed by atoms with Gasteiger partial charge in [0.2, 0.25) is 0 Å². The summed E-state index contributed by atoms with van der Waals surface area (Å²) in [6.45, 7) is 1.19. The number of aromatic nitrogens is 2. The van der Waals surface area contributed by atoms with Crippen LogP contribution in [0.25, 0.3) is 11.0 Å². The lowest BCUT2D eigenvalue weighted by atomic mass is 10.2. The monoisotopic (exact) mass is 321 g/mol. The van der Waals surface area contributed by atoms with Crippen LogP contribution >= 0.6 is 11.6 Å². The van der Waals surface area contributed by atoms with E-state index in [0.717, 1.165) is 0 Å². The molecule has 116 valence electrons. The van der Waals surface area contributed by atoms with Gasteiger partial charge in [0.1, 0.15) is 5.82 Å². The molecule has 0 radical (unpaired) electrons. The van der Waals surface area contributed by atoms with E-state index in [0.29, 0.717) is 21.9 Å². The number of benzene rings is 1. The molecule has 0 aliphatic rings. The Morgan fingerprint density at radius 3 is 2.71 bits per heavy atom. The Kier molecular flexibility index (Phi) is 4.46. The average Bonchev–Trinajstić information content (AvgIpc) is 2.79. The number of hydrogen-bond donors (Lipinski definition) is 2. The van der Waals surface area contributed by atoms with Crippen molar-refractivity contribution in [1.82, 2.24) is 14.9 Å². The molecular weight excluding hydrogens is 307 g/mol. The molecular formula is C13H15ClF3N3O. The highest BCUT2D eigenvalue weighted by atomic mass is 35.5. The van der Waals surface area contributed by atoms with Crippen molar-refractivity contribution < 1.29 is 18.3 Å². The van der Waals surface area contributed by atoms with Gasteiger partial charge in [0.25, 0.3) is 0 Å². The highest BCUT2D eigenvalue weighted by Gasteiger charge is 2.39. The van der Waals surface area contributed by atoms with Gasteiger partial charge in [-0.25, -0.2) is 4.98 Å². The minimum atomic E-state index is -4.63. The van der Waals surface area contributed by atoms with Crippen molar-refractivity contribution in [3.05, 3.63) is 29.0 Å². The van der Waals surface area contributed by atoms with Gasteiger partial charge in [0.05, 0.1) is 17.1 Å². The van der Waals surface area contributed by atoms with Crippen molar-refractivity contribution in [2.75, 3.05) is 13.6 Å². The fraction of sp³-hybridized carbons (Fsp3) is 0.462. The number of alkyl halides is 3.